The third-order valence-electron chi connectivity index (χ3n) is 4.97. The van der Waals surface area contributed by atoms with Gasteiger partial charge in [-0.1, -0.05) is 30.3 Å². The highest BCUT2D eigenvalue weighted by molar-refractivity contribution is 5.78. The van der Waals surface area contributed by atoms with E-state index in [0.29, 0.717) is 0 Å². The molecule has 0 aliphatic carbocycles. The Balaban J connectivity index is 1.72. The highest BCUT2D eigenvalue weighted by atomic mass is 15.1. The molecule has 5 heteroatoms. The second-order valence-corrected chi connectivity index (χ2v) is 6.57. The zero-order chi connectivity index (χ0) is 16.4. The van der Waals surface area contributed by atoms with Crippen LogP contribution in [0.4, 0.5) is 0 Å². The first kappa shape index (κ1) is 15.3. The van der Waals surface area contributed by atoms with Crippen molar-refractivity contribution in [1.82, 2.24) is 24.8 Å². The standard InChI is InChI=1S/C19H23N5/c1-14-17-19(22-13-21-14)24(12-9-15-7-10-20-11-8-15)18(23-17)16-5-3-2-4-6-16/h2-6,13,15,20H,7-12H2,1H3. The van der Waals surface area contributed by atoms with Crippen molar-refractivity contribution >= 4 is 11.2 Å². The Bertz CT molecular complexity index is 818. The van der Waals surface area contributed by atoms with Crippen molar-refractivity contribution in [3.63, 3.8) is 0 Å². The summed E-state index contributed by atoms with van der Waals surface area (Å²) in [6, 6.07) is 10.4. The number of hydrogen-bond donors (Lipinski definition) is 1. The Hall–Kier alpha value is -2.27. The summed E-state index contributed by atoms with van der Waals surface area (Å²) in [5.41, 5.74) is 3.95. The number of benzene rings is 1. The molecule has 2 aromatic heterocycles. The Morgan fingerprint density at radius 1 is 1.12 bits per heavy atom. The van der Waals surface area contributed by atoms with E-state index in [1.807, 2.05) is 13.0 Å². The van der Waals surface area contributed by atoms with Crippen molar-refractivity contribution in [2.24, 2.45) is 5.92 Å². The average Bonchev–Trinajstić information content (AvgIpc) is 3.02. The molecule has 124 valence electrons. The van der Waals surface area contributed by atoms with E-state index in [9.17, 15) is 0 Å². The molecular weight excluding hydrogens is 298 g/mol. The van der Waals surface area contributed by atoms with Gasteiger partial charge in [0, 0.05) is 12.1 Å². The van der Waals surface area contributed by atoms with E-state index >= 15 is 0 Å². The van der Waals surface area contributed by atoms with Crippen LogP contribution in [0.3, 0.4) is 0 Å². The van der Waals surface area contributed by atoms with Crippen LogP contribution in [0.1, 0.15) is 25.0 Å². The van der Waals surface area contributed by atoms with Crippen molar-refractivity contribution in [1.29, 1.82) is 0 Å². The highest BCUT2D eigenvalue weighted by Gasteiger charge is 2.18. The van der Waals surface area contributed by atoms with Crippen molar-refractivity contribution in [2.75, 3.05) is 13.1 Å². The van der Waals surface area contributed by atoms with Gasteiger partial charge in [-0.3, -0.25) is 0 Å². The number of nitrogens with zero attached hydrogens (tertiary/aromatic N) is 4. The molecule has 0 bridgehead atoms. The third kappa shape index (κ3) is 2.91. The van der Waals surface area contributed by atoms with E-state index < -0.39 is 0 Å². The predicted octanol–water partition coefficient (Wildman–Crippen LogP) is 3.19. The molecule has 0 spiro atoms. The minimum atomic E-state index is 0.787. The summed E-state index contributed by atoms with van der Waals surface area (Å²) in [4.78, 5) is 13.7. The van der Waals surface area contributed by atoms with Crippen LogP contribution in [0.5, 0.6) is 0 Å². The fourth-order valence-electron chi connectivity index (χ4n) is 3.55. The number of rotatable bonds is 4. The van der Waals surface area contributed by atoms with Gasteiger partial charge in [0.1, 0.15) is 17.7 Å². The molecule has 3 aromatic rings. The quantitative estimate of drug-likeness (QED) is 0.802. The molecule has 1 aromatic carbocycles. The summed E-state index contributed by atoms with van der Waals surface area (Å²) >= 11 is 0. The number of imidazole rings is 1. The first-order valence-electron chi connectivity index (χ1n) is 8.77. The maximum Gasteiger partial charge on any atom is 0.163 e. The van der Waals surface area contributed by atoms with E-state index in [-0.39, 0.29) is 0 Å². The summed E-state index contributed by atoms with van der Waals surface area (Å²) in [5.74, 6) is 1.79. The largest absolute Gasteiger partial charge is 0.317 e. The smallest absolute Gasteiger partial charge is 0.163 e. The SMILES string of the molecule is Cc1ncnc2c1nc(-c1ccccc1)n2CCC1CCNCC1. The molecule has 0 unspecified atom stereocenters. The third-order valence-corrected chi connectivity index (χ3v) is 4.97. The Morgan fingerprint density at radius 3 is 2.71 bits per heavy atom. The van der Waals surface area contributed by atoms with Crippen LogP contribution in [0.15, 0.2) is 36.7 Å². The maximum atomic E-state index is 4.87. The molecule has 0 atom stereocenters. The van der Waals surface area contributed by atoms with Crippen LogP contribution >= 0.6 is 0 Å². The number of nitrogens with one attached hydrogen (secondary N) is 1. The zero-order valence-corrected chi connectivity index (χ0v) is 14.1. The lowest BCUT2D eigenvalue weighted by molar-refractivity contribution is 0.339. The number of aryl methyl sites for hydroxylation is 2. The van der Waals surface area contributed by atoms with Crippen molar-refractivity contribution in [3.05, 3.63) is 42.4 Å². The number of piperidine rings is 1. The molecule has 1 aliphatic heterocycles. The van der Waals surface area contributed by atoms with Crippen LogP contribution in [-0.2, 0) is 6.54 Å². The molecule has 1 aliphatic rings. The Kier molecular flexibility index (Phi) is 4.26. The fraction of sp³-hybridized carbons (Fsp3) is 0.421. The summed E-state index contributed by atoms with van der Waals surface area (Å²) in [7, 11) is 0. The molecule has 0 amide bonds. The van der Waals surface area contributed by atoms with Crippen molar-refractivity contribution in [2.45, 2.75) is 32.7 Å². The van der Waals surface area contributed by atoms with E-state index in [1.165, 1.54) is 19.3 Å². The van der Waals surface area contributed by atoms with E-state index in [1.54, 1.807) is 6.33 Å². The van der Waals surface area contributed by atoms with Gasteiger partial charge in [0.2, 0.25) is 0 Å². The topological polar surface area (TPSA) is 55.6 Å². The molecule has 24 heavy (non-hydrogen) atoms. The minimum absolute atomic E-state index is 0.787. The maximum absolute atomic E-state index is 4.87. The van der Waals surface area contributed by atoms with Gasteiger partial charge in [-0.15, -0.1) is 0 Å². The van der Waals surface area contributed by atoms with Gasteiger partial charge < -0.3 is 9.88 Å². The number of aromatic nitrogens is 4. The number of fused-ring (bicyclic) bond motifs is 1. The van der Waals surface area contributed by atoms with Gasteiger partial charge in [0.15, 0.2) is 5.65 Å². The number of hydrogen-bond acceptors (Lipinski definition) is 4. The molecule has 1 N–H and O–H groups in total. The van der Waals surface area contributed by atoms with E-state index in [2.05, 4.69) is 44.1 Å². The lowest BCUT2D eigenvalue weighted by atomic mass is 9.95. The van der Waals surface area contributed by atoms with Crippen molar-refractivity contribution in [3.8, 4) is 11.4 Å². The Labute approximate surface area is 142 Å². The van der Waals surface area contributed by atoms with Crippen LogP contribution in [-0.4, -0.2) is 32.6 Å². The second kappa shape index (κ2) is 6.69. The molecule has 3 heterocycles. The molecule has 0 saturated carbocycles. The second-order valence-electron chi connectivity index (χ2n) is 6.57. The Morgan fingerprint density at radius 2 is 1.92 bits per heavy atom. The van der Waals surface area contributed by atoms with Gasteiger partial charge in [-0.25, -0.2) is 15.0 Å². The summed E-state index contributed by atoms with van der Waals surface area (Å²) in [6.07, 6.45) is 5.35. The van der Waals surface area contributed by atoms with Crippen molar-refractivity contribution < 1.29 is 0 Å². The lowest BCUT2D eigenvalue weighted by Crippen LogP contribution is -2.28. The predicted molar refractivity (Wildman–Crippen MR) is 95.7 cm³/mol. The monoisotopic (exact) mass is 321 g/mol. The average molecular weight is 321 g/mol. The first-order chi connectivity index (χ1) is 11.8. The molecule has 1 saturated heterocycles. The first-order valence-corrected chi connectivity index (χ1v) is 8.77. The van der Waals surface area contributed by atoms with Crippen LogP contribution in [0.25, 0.3) is 22.6 Å². The molecule has 5 nitrogen and oxygen atoms in total. The summed E-state index contributed by atoms with van der Waals surface area (Å²) < 4.78 is 2.28. The van der Waals surface area contributed by atoms with E-state index in [4.69, 9.17) is 4.98 Å². The van der Waals surface area contributed by atoms with Gasteiger partial charge in [0.25, 0.3) is 0 Å². The summed E-state index contributed by atoms with van der Waals surface area (Å²) in [6.45, 7) is 5.25. The normalized spacial score (nSPS) is 15.9. The van der Waals surface area contributed by atoms with Gasteiger partial charge in [-0.05, 0) is 45.2 Å². The molecule has 4 rings (SSSR count). The van der Waals surface area contributed by atoms with Gasteiger partial charge in [0.05, 0.1) is 5.69 Å². The highest BCUT2D eigenvalue weighted by Crippen LogP contribution is 2.26. The molecular formula is C19H23N5. The lowest BCUT2D eigenvalue weighted by Gasteiger charge is -2.23. The molecule has 0 radical (unpaired) electrons. The van der Waals surface area contributed by atoms with Crippen LogP contribution < -0.4 is 5.32 Å². The van der Waals surface area contributed by atoms with Crippen LogP contribution in [0.2, 0.25) is 0 Å². The molecule has 1 fully saturated rings. The van der Waals surface area contributed by atoms with Gasteiger partial charge in [-0.2, -0.15) is 0 Å². The zero-order valence-electron chi connectivity index (χ0n) is 14.1. The minimum Gasteiger partial charge on any atom is -0.317 e. The van der Waals surface area contributed by atoms with Gasteiger partial charge >= 0.3 is 0 Å². The van der Waals surface area contributed by atoms with Crippen LogP contribution in [0, 0.1) is 12.8 Å². The summed E-state index contributed by atoms with van der Waals surface area (Å²) in [5, 5.41) is 3.44. The fourth-order valence-corrected chi connectivity index (χ4v) is 3.55. The van der Waals surface area contributed by atoms with E-state index in [0.717, 1.165) is 53.8 Å².